The maximum atomic E-state index is 8.71. The number of halogens is 2. The largest absolute Gasteiger partial charge is 0.328 e. The minimum Gasteiger partial charge on any atom is -0.328 e. The van der Waals surface area contributed by atoms with Crippen LogP contribution in [-0.2, 0) is 6.54 Å². The van der Waals surface area contributed by atoms with Gasteiger partial charge in [-0.3, -0.25) is 0 Å². The number of nitrogens with two attached hydrogens (primary N) is 1. The summed E-state index contributed by atoms with van der Waals surface area (Å²) in [6.45, 7) is 0.881. The Morgan fingerprint density at radius 2 is 1.68 bits per heavy atom. The average molecular weight is 302 g/mol. The van der Waals surface area contributed by atoms with E-state index in [9.17, 15) is 0 Å². The van der Waals surface area contributed by atoms with Gasteiger partial charge in [-0.05, 0) is 43.4 Å². The molecule has 19 heavy (non-hydrogen) atoms. The van der Waals surface area contributed by atoms with Crippen molar-refractivity contribution in [1.29, 1.82) is 5.26 Å². The first-order chi connectivity index (χ1) is 8.28. The predicted molar refractivity (Wildman–Crippen MR) is 82.7 cm³/mol. The highest BCUT2D eigenvalue weighted by Gasteiger charge is 2.17. The fourth-order valence-corrected chi connectivity index (χ4v) is 2.28. The number of benzene rings is 1. The zero-order valence-corrected chi connectivity index (χ0v) is 12.5. The molecule has 0 unspecified atom stereocenters. The van der Waals surface area contributed by atoms with E-state index in [1.807, 2.05) is 24.3 Å². The molecule has 0 atom stereocenters. The molecule has 0 bridgehead atoms. The Bertz CT molecular complexity index is 392. The Labute approximate surface area is 127 Å². The van der Waals surface area contributed by atoms with E-state index in [0.29, 0.717) is 12.1 Å². The van der Waals surface area contributed by atoms with E-state index in [1.54, 1.807) is 0 Å². The molecule has 3 nitrogen and oxygen atoms in total. The summed E-state index contributed by atoms with van der Waals surface area (Å²) < 4.78 is 0. The van der Waals surface area contributed by atoms with Crippen LogP contribution in [0.2, 0.25) is 0 Å². The minimum atomic E-state index is 0. The summed E-state index contributed by atoms with van der Waals surface area (Å²) >= 11 is 0. The van der Waals surface area contributed by atoms with E-state index >= 15 is 0 Å². The first-order valence-corrected chi connectivity index (χ1v) is 6.26. The lowest BCUT2D eigenvalue weighted by Crippen LogP contribution is -2.36. The van der Waals surface area contributed by atoms with Gasteiger partial charge in [-0.2, -0.15) is 5.26 Å². The molecule has 2 rings (SSSR count). The summed E-state index contributed by atoms with van der Waals surface area (Å²) in [6.07, 6.45) is 4.62. The van der Waals surface area contributed by atoms with Crippen LogP contribution in [0.3, 0.4) is 0 Å². The molecule has 0 spiro atoms. The zero-order chi connectivity index (χ0) is 12.1. The van der Waals surface area contributed by atoms with E-state index in [0.717, 1.165) is 24.9 Å². The number of nitriles is 1. The average Bonchev–Trinajstić information content (AvgIpc) is 2.39. The maximum Gasteiger partial charge on any atom is 0.0991 e. The lowest BCUT2D eigenvalue weighted by molar-refractivity contribution is 0.342. The van der Waals surface area contributed by atoms with Crippen LogP contribution in [-0.4, -0.2) is 12.1 Å². The van der Waals surface area contributed by atoms with Crippen LogP contribution in [0.5, 0.6) is 0 Å². The van der Waals surface area contributed by atoms with Gasteiger partial charge in [-0.1, -0.05) is 12.1 Å². The van der Waals surface area contributed by atoms with Crippen molar-refractivity contribution in [2.45, 2.75) is 44.3 Å². The van der Waals surface area contributed by atoms with Crippen LogP contribution >= 0.6 is 24.8 Å². The van der Waals surface area contributed by atoms with Crippen LogP contribution in [0.4, 0.5) is 0 Å². The molecule has 1 aromatic rings. The van der Waals surface area contributed by atoms with Crippen molar-refractivity contribution in [3.05, 3.63) is 35.4 Å². The molecular formula is C14H21Cl2N3. The van der Waals surface area contributed by atoms with Crippen molar-refractivity contribution in [1.82, 2.24) is 5.32 Å². The number of rotatable bonds is 3. The lowest BCUT2D eigenvalue weighted by atomic mass is 9.92. The summed E-state index contributed by atoms with van der Waals surface area (Å²) in [6, 6.07) is 10.9. The number of hydrogen-bond acceptors (Lipinski definition) is 3. The van der Waals surface area contributed by atoms with Crippen molar-refractivity contribution in [3.63, 3.8) is 0 Å². The molecular weight excluding hydrogens is 281 g/mol. The van der Waals surface area contributed by atoms with Gasteiger partial charge in [0.15, 0.2) is 0 Å². The lowest BCUT2D eigenvalue weighted by Gasteiger charge is -2.26. The molecule has 1 aromatic carbocycles. The van der Waals surface area contributed by atoms with Crippen LogP contribution in [0.25, 0.3) is 0 Å². The third-order valence-electron chi connectivity index (χ3n) is 3.45. The summed E-state index contributed by atoms with van der Waals surface area (Å²) in [5.74, 6) is 0. The van der Waals surface area contributed by atoms with Gasteiger partial charge in [0.05, 0.1) is 11.6 Å². The molecule has 1 saturated carbocycles. The quantitative estimate of drug-likeness (QED) is 0.902. The highest BCUT2D eigenvalue weighted by atomic mass is 35.5. The fraction of sp³-hybridized carbons (Fsp3) is 0.500. The Balaban J connectivity index is 0.00000162. The standard InChI is InChI=1S/C14H19N3.2ClH/c15-9-11-1-3-12(4-2-11)10-17-14-7-5-13(16)6-8-14;;/h1-4,13-14,17H,5-8,10,16H2;2*1H. The van der Waals surface area contributed by atoms with E-state index in [2.05, 4.69) is 11.4 Å². The molecule has 1 aliphatic carbocycles. The molecule has 0 radical (unpaired) electrons. The van der Waals surface area contributed by atoms with Crippen molar-refractivity contribution in [3.8, 4) is 6.07 Å². The Morgan fingerprint density at radius 3 is 2.21 bits per heavy atom. The molecule has 3 N–H and O–H groups in total. The molecule has 0 heterocycles. The van der Waals surface area contributed by atoms with Crippen LogP contribution in [0.15, 0.2) is 24.3 Å². The summed E-state index contributed by atoms with van der Waals surface area (Å²) in [5, 5.41) is 12.3. The second-order valence-corrected chi connectivity index (χ2v) is 4.80. The normalized spacial score (nSPS) is 21.7. The van der Waals surface area contributed by atoms with Gasteiger partial charge < -0.3 is 11.1 Å². The monoisotopic (exact) mass is 301 g/mol. The first kappa shape index (κ1) is 18.2. The van der Waals surface area contributed by atoms with Gasteiger partial charge in [0.2, 0.25) is 0 Å². The van der Waals surface area contributed by atoms with Crippen molar-refractivity contribution >= 4 is 24.8 Å². The van der Waals surface area contributed by atoms with Crippen molar-refractivity contribution < 1.29 is 0 Å². The molecule has 5 heteroatoms. The van der Waals surface area contributed by atoms with E-state index in [1.165, 1.54) is 18.4 Å². The number of nitrogens with one attached hydrogen (secondary N) is 1. The minimum absolute atomic E-state index is 0. The van der Waals surface area contributed by atoms with Gasteiger partial charge in [0.1, 0.15) is 0 Å². The van der Waals surface area contributed by atoms with Gasteiger partial charge >= 0.3 is 0 Å². The van der Waals surface area contributed by atoms with Crippen LogP contribution in [0, 0.1) is 11.3 Å². The fourth-order valence-electron chi connectivity index (χ4n) is 2.28. The molecule has 0 saturated heterocycles. The Hall–Kier alpha value is -0.790. The molecule has 0 aliphatic heterocycles. The van der Waals surface area contributed by atoms with Crippen LogP contribution in [0.1, 0.15) is 36.8 Å². The predicted octanol–water partition coefficient (Wildman–Crippen LogP) is 2.76. The number of nitrogens with zero attached hydrogens (tertiary/aromatic N) is 1. The zero-order valence-electron chi connectivity index (χ0n) is 10.8. The van der Waals surface area contributed by atoms with E-state index in [-0.39, 0.29) is 24.8 Å². The SMILES string of the molecule is Cl.Cl.N#Cc1ccc(CNC2CCC(N)CC2)cc1. The number of hydrogen-bond donors (Lipinski definition) is 2. The second kappa shape index (κ2) is 9.17. The third kappa shape index (κ3) is 5.80. The first-order valence-electron chi connectivity index (χ1n) is 6.26. The molecule has 0 amide bonds. The smallest absolute Gasteiger partial charge is 0.0991 e. The highest BCUT2D eigenvalue weighted by Crippen LogP contribution is 2.17. The summed E-state index contributed by atoms with van der Waals surface area (Å²) in [7, 11) is 0. The Morgan fingerprint density at radius 1 is 1.11 bits per heavy atom. The van der Waals surface area contributed by atoms with Gasteiger partial charge in [0, 0.05) is 18.6 Å². The van der Waals surface area contributed by atoms with Gasteiger partial charge in [0.25, 0.3) is 0 Å². The summed E-state index contributed by atoms with van der Waals surface area (Å²) in [4.78, 5) is 0. The van der Waals surface area contributed by atoms with Crippen molar-refractivity contribution in [2.24, 2.45) is 5.73 Å². The summed E-state index contributed by atoms with van der Waals surface area (Å²) in [5.41, 5.74) is 7.83. The molecule has 1 fully saturated rings. The third-order valence-corrected chi connectivity index (χ3v) is 3.45. The maximum absolute atomic E-state index is 8.71. The van der Waals surface area contributed by atoms with Crippen molar-refractivity contribution in [2.75, 3.05) is 0 Å². The highest BCUT2D eigenvalue weighted by molar-refractivity contribution is 5.85. The van der Waals surface area contributed by atoms with E-state index < -0.39 is 0 Å². The van der Waals surface area contributed by atoms with Gasteiger partial charge in [-0.15, -0.1) is 24.8 Å². The molecule has 0 aromatic heterocycles. The topological polar surface area (TPSA) is 61.8 Å². The molecule has 1 aliphatic rings. The second-order valence-electron chi connectivity index (χ2n) is 4.80. The van der Waals surface area contributed by atoms with Gasteiger partial charge in [-0.25, -0.2) is 0 Å². The molecule has 106 valence electrons. The Kier molecular flexibility index (Phi) is 8.79. The van der Waals surface area contributed by atoms with Crippen LogP contribution < -0.4 is 11.1 Å². The van der Waals surface area contributed by atoms with E-state index in [4.69, 9.17) is 11.0 Å².